The summed E-state index contributed by atoms with van der Waals surface area (Å²) < 4.78 is 5.22. The van der Waals surface area contributed by atoms with Crippen molar-refractivity contribution < 1.29 is 9.84 Å². The van der Waals surface area contributed by atoms with Gasteiger partial charge in [0.15, 0.2) is 0 Å². The van der Waals surface area contributed by atoms with Crippen molar-refractivity contribution in [1.29, 1.82) is 0 Å². The van der Waals surface area contributed by atoms with E-state index in [0.717, 1.165) is 10.6 Å². The molecule has 1 aromatic carbocycles. The Kier molecular flexibility index (Phi) is 4.45. The van der Waals surface area contributed by atoms with Crippen LogP contribution in [0.25, 0.3) is 0 Å². The van der Waals surface area contributed by atoms with Crippen LogP contribution >= 0.6 is 11.8 Å². The summed E-state index contributed by atoms with van der Waals surface area (Å²) in [7, 11) is 1.65. The van der Waals surface area contributed by atoms with Crippen LogP contribution in [-0.2, 0) is 0 Å². The van der Waals surface area contributed by atoms with E-state index in [1.165, 1.54) is 0 Å². The van der Waals surface area contributed by atoms with Gasteiger partial charge in [0.25, 0.3) is 0 Å². The van der Waals surface area contributed by atoms with E-state index >= 15 is 0 Å². The molecule has 0 aliphatic carbocycles. The Morgan fingerprint density at radius 1 is 1.47 bits per heavy atom. The van der Waals surface area contributed by atoms with Crippen molar-refractivity contribution in [3.63, 3.8) is 0 Å². The van der Waals surface area contributed by atoms with Gasteiger partial charge >= 0.3 is 0 Å². The van der Waals surface area contributed by atoms with E-state index in [2.05, 4.69) is 0 Å². The molecule has 84 valence electrons. The molecule has 0 bridgehead atoms. The summed E-state index contributed by atoms with van der Waals surface area (Å²) in [6.45, 7) is 1.81. The van der Waals surface area contributed by atoms with E-state index in [0.29, 0.717) is 5.75 Å². The summed E-state index contributed by atoms with van der Waals surface area (Å²) in [6.07, 6.45) is 0. The van der Waals surface area contributed by atoms with Crippen LogP contribution in [0.15, 0.2) is 29.2 Å². The van der Waals surface area contributed by atoms with Gasteiger partial charge in [-0.2, -0.15) is 0 Å². The maximum Gasteiger partial charge on any atom is 0.132 e. The van der Waals surface area contributed by atoms with E-state index in [4.69, 9.17) is 15.6 Å². The van der Waals surface area contributed by atoms with Crippen LogP contribution in [0.4, 0.5) is 0 Å². The second-order valence-corrected chi connectivity index (χ2v) is 4.77. The minimum Gasteiger partial charge on any atom is -0.496 e. The van der Waals surface area contributed by atoms with E-state index in [1.807, 2.05) is 31.2 Å². The Balaban J connectivity index is 2.65. The Morgan fingerprint density at radius 3 is 2.73 bits per heavy atom. The van der Waals surface area contributed by atoms with Crippen molar-refractivity contribution in [2.45, 2.75) is 17.4 Å². The number of benzene rings is 1. The summed E-state index contributed by atoms with van der Waals surface area (Å²) in [5, 5.41) is 9.03. The third kappa shape index (κ3) is 3.74. The van der Waals surface area contributed by atoms with Gasteiger partial charge in [-0.25, -0.2) is 0 Å². The number of hydrogen-bond donors (Lipinski definition) is 2. The van der Waals surface area contributed by atoms with Crippen molar-refractivity contribution in [3.8, 4) is 5.75 Å². The molecule has 3 N–H and O–H groups in total. The molecule has 0 aliphatic heterocycles. The maximum absolute atomic E-state index is 9.03. The van der Waals surface area contributed by atoms with Crippen LogP contribution in [0, 0.1) is 0 Å². The van der Waals surface area contributed by atoms with Gasteiger partial charge in [0.05, 0.1) is 13.7 Å². The fourth-order valence-electron chi connectivity index (χ4n) is 1.03. The van der Waals surface area contributed by atoms with Gasteiger partial charge in [-0.05, 0) is 19.1 Å². The first-order valence-electron chi connectivity index (χ1n) is 4.74. The van der Waals surface area contributed by atoms with Gasteiger partial charge in [0.2, 0.25) is 0 Å². The summed E-state index contributed by atoms with van der Waals surface area (Å²) in [4.78, 5) is 1.05. The lowest BCUT2D eigenvalue weighted by Crippen LogP contribution is -2.42. The van der Waals surface area contributed by atoms with Crippen LogP contribution in [0.3, 0.4) is 0 Å². The van der Waals surface area contributed by atoms with Crippen LogP contribution in [0.2, 0.25) is 0 Å². The molecule has 0 amide bonds. The zero-order valence-corrected chi connectivity index (χ0v) is 9.88. The number of ether oxygens (including phenoxy) is 1. The summed E-state index contributed by atoms with van der Waals surface area (Å²) in [5.41, 5.74) is 5.29. The molecule has 4 heteroatoms. The fraction of sp³-hybridized carbons (Fsp3) is 0.455. The Morgan fingerprint density at radius 2 is 2.13 bits per heavy atom. The molecule has 1 aromatic rings. The lowest BCUT2D eigenvalue weighted by atomic mass is 10.1. The maximum atomic E-state index is 9.03. The average molecular weight is 227 g/mol. The molecule has 1 atom stereocenters. The molecule has 0 aliphatic rings. The molecule has 0 radical (unpaired) electrons. The molecule has 0 aromatic heterocycles. The van der Waals surface area contributed by atoms with Crippen LogP contribution in [0.5, 0.6) is 5.75 Å². The van der Waals surface area contributed by atoms with Crippen LogP contribution < -0.4 is 10.5 Å². The number of aliphatic hydroxyl groups excluding tert-OH is 1. The van der Waals surface area contributed by atoms with Gasteiger partial charge in [-0.15, -0.1) is 11.8 Å². The molecule has 0 spiro atoms. The summed E-state index contributed by atoms with van der Waals surface area (Å²) in [6, 6.07) is 7.78. The van der Waals surface area contributed by atoms with Gasteiger partial charge in [-0.1, -0.05) is 12.1 Å². The highest BCUT2D eigenvalue weighted by molar-refractivity contribution is 7.99. The standard InChI is InChI=1S/C11H17NO2S/c1-11(12,7-13)8-15-10-6-4-3-5-9(10)14-2/h3-6,13H,7-8,12H2,1-2H3. The van der Waals surface area contributed by atoms with Crippen molar-refractivity contribution in [3.05, 3.63) is 24.3 Å². The summed E-state index contributed by atoms with van der Waals surface area (Å²) in [5.74, 6) is 1.50. The van der Waals surface area contributed by atoms with Crippen LogP contribution in [-0.4, -0.2) is 30.1 Å². The molecule has 1 unspecified atom stereocenters. The second kappa shape index (κ2) is 5.39. The number of rotatable bonds is 5. The first-order chi connectivity index (χ1) is 7.09. The van der Waals surface area contributed by atoms with E-state index < -0.39 is 5.54 Å². The number of hydrogen-bond acceptors (Lipinski definition) is 4. The number of methoxy groups -OCH3 is 1. The minimum atomic E-state index is -0.550. The van der Waals surface area contributed by atoms with Crippen molar-refractivity contribution in [2.75, 3.05) is 19.5 Å². The largest absolute Gasteiger partial charge is 0.496 e. The second-order valence-electron chi connectivity index (χ2n) is 3.75. The Hall–Kier alpha value is -0.710. The first-order valence-corrected chi connectivity index (χ1v) is 5.73. The van der Waals surface area contributed by atoms with Crippen molar-refractivity contribution in [2.24, 2.45) is 5.73 Å². The molecule has 1 rings (SSSR count). The predicted octanol–water partition coefficient (Wildman–Crippen LogP) is 1.50. The third-order valence-electron chi connectivity index (χ3n) is 1.99. The number of para-hydroxylation sites is 1. The monoisotopic (exact) mass is 227 g/mol. The van der Waals surface area contributed by atoms with Gasteiger partial charge in [-0.3, -0.25) is 0 Å². The lowest BCUT2D eigenvalue weighted by Gasteiger charge is -2.21. The zero-order valence-electron chi connectivity index (χ0n) is 9.06. The van der Waals surface area contributed by atoms with Crippen LogP contribution in [0.1, 0.15) is 6.92 Å². The normalized spacial score (nSPS) is 14.7. The molecular weight excluding hydrogens is 210 g/mol. The molecule has 0 fully saturated rings. The number of thioether (sulfide) groups is 1. The third-order valence-corrected chi connectivity index (χ3v) is 3.44. The van der Waals surface area contributed by atoms with Gasteiger partial charge < -0.3 is 15.6 Å². The molecule has 15 heavy (non-hydrogen) atoms. The van der Waals surface area contributed by atoms with E-state index in [-0.39, 0.29) is 6.61 Å². The summed E-state index contributed by atoms with van der Waals surface area (Å²) >= 11 is 1.59. The first kappa shape index (κ1) is 12.4. The van der Waals surface area contributed by atoms with E-state index in [9.17, 15) is 0 Å². The predicted molar refractivity (Wildman–Crippen MR) is 63.4 cm³/mol. The van der Waals surface area contributed by atoms with E-state index in [1.54, 1.807) is 18.9 Å². The van der Waals surface area contributed by atoms with Gasteiger partial charge in [0.1, 0.15) is 5.75 Å². The molecule has 0 saturated carbocycles. The van der Waals surface area contributed by atoms with Gasteiger partial charge in [0, 0.05) is 16.2 Å². The molecular formula is C11H17NO2S. The highest BCUT2D eigenvalue weighted by Gasteiger charge is 2.18. The quantitative estimate of drug-likeness (QED) is 0.748. The number of aliphatic hydroxyl groups is 1. The molecule has 0 saturated heterocycles. The number of nitrogens with two attached hydrogens (primary N) is 1. The Bertz CT molecular complexity index is 315. The SMILES string of the molecule is COc1ccccc1SCC(C)(N)CO. The smallest absolute Gasteiger partial charge is 0.132 e. The lowest BCUT2D eigenvalue weighted by molar-refractivity contribution is 0.224. The minimum absolute atomic E-state index is 0.0187. The fourth-order valence-corrected chi connectivity index (χ4v) is 2.07. The highest BCUT2D eigenvalue weighted by Crippen LogP contribution is 2.30. The zero-order chi connectivity index (χ0) is 11.3. The Labute approximate surface area is 94.6 Å². The molecule has 0 heterocycles. The topological polar surface area (TPSA) is 55.5 Å². The average Bonchev–Trinajstić information content (AvgIpc) is 2.27. The van der Waals surface area contributed by atoms with Crippen molar-refractivity contribution in [1.82, 2.24) is 0 Å². The van der Waals surface area contributed by atoms with Crippen molar-refractivity contribution >= 4 is 11.8 Å². The highest BCUT2D eigenvalue weighted by atomic mass is 32.2. The molecule has 3 nitrogen and oxygen atoms in total.